The van der Waals surface area contributed by atoms with Gasteiger partial charge in [0.1, 0.15) is 11.5 Å². The van der Waals surface area contributed by atoms with E-state index in [4.69, 9.17) is 9.47 Å². The normalized spacial score (nSPS) is 20.0. The summed E-state index contributed by atoms with van der Waals surface area (Å²) in [5.74, 6) is -0.943. The van der Waals surface area contributed by atoms with Crippen LogP contribution in [-0.2, 0) is 14.3 Å². The van der Waals surface area contributed by atoms with Crippen LogP contribution in [0.25, 0.3) is 5.76 Å². The number of non-ortho nitro benzene ring substituents is 1. The van der Waals surface area contributed by atoms with Crippen molar-refractivity contribution in [3.63, 3.8) is 0 Å². The van der Waals surface area contributed by atoms with Gasteiger partial charge >= 0.3 is 0 Å². The van der Waals surface area contributed by atoms with Crippen LogP contribution in [0.15, 0.2) is 54.1 Å². The Morgan fingerprint density at radius 3 is 2.49 bits per heavy atom. The number of hydrogen-bond acceptors (Lipinski definition) is 8. The van der Waals surface area contributed by atoms with Gasteiger partial charge in [-0.1, -0.05) is 26.0 Å². The number of ether oxygens (including phenoxy) is 2. The van der Waals surface area contributed by atoms with Gasteiger partial charge < -0.3 is 19.5 Å². The zero-order chi connectivity index (χ0) is 26.5. The maximum atomic E-state index is 13.2. The summed E-state index contributed by atoms with van der Waals surface area (Å²) in [5.41, 5.74) is 0.471. The fraction of sp³-hybridized carbons (Fsp3) is 0.407. The molecule has 0 aromatic heterocycles. The van der Waals surface area contributed by atoms with Crippen molar-refractivity contribution in [1.82, 2.24) is 9.80 Å². The molecule has 2 saturated heterocycles. The molecule has 0 saturated carbocycles. The fourth-order valence-corrected chi connectivity index (χ4v) is 4.47. The van der Waals surface area contributed by atoms with Crippen molar-refractivity contribution in [2.75, 3.05) is 46.0 Å². The average molecular weight is 510 g/mol. The van der Waals surface area contributed by atoms with E-state index in [1.807, 2.05) is 13.8 Å². The molecule has 0 spiro atoms. The fourth-order valence-electron chi connectivity index (χ4n) is 4.47. The lowest BCUT2D eigenvalue weighted by Crippen LogP contribution is -2.42. The van der Waals surface area contributed by atoms with Crippen LogP contribution in [0.1, 0.15) is 31.0 Å². The standard InChI is InChI=1S/C27H31N3O7/c1-18(2)17-37-22-8-6-19(7-9-22)25(31)23-24(20-4-3-5-21(16-20)30(34)35)29(27(33)26(23)32)11-10-28-12-14-36-15-13-28/h3-9,16,18,24,31H,10-15,17H2,1-2H3/b25-23-. The molecule has 0 radical (unpaired) electrons. The molecule has 10 heteroatoms. The van der Waals surface area contributed by atoms with Gasteiger partial charge in [0.25, 0.3) is 17.4 Å². The molecule has 1 unspecified atom stereocenters. The first-order chi connectivity index (χ1) is 17.8. The monoisotopic (exact) mass is 509 g/mol. The first-order valence-electron chi connectivity index (χ1n) is 12.3. The lowest BCUT2D eigenvalue weighted by Gasteiger charge is -2.31. The van der Waals surface area contributed by atoms with Crippen LogP contribution in [0.5, 0.6) is 5.75 Å². The van der Waals surface area contributed by atoms with E-state index in [0.29, 0.717) is 62.2 Å². The number of carbonyl (C=O) groups is 2. The summed E-state index contributed by atoms with van der Waals surface area (Å²) in [6.07, 6.45) is 0. The average Bonchev–Trinajstić information content (AvgIpc) is 3.16. The molecule has 2 aromatic rings. The van der Waals surface area contributed by atoms with Crippen molar-refractivity contribution < 1.29 is 29.1 Å². The topological polar surface area (TPSA) is 122 Å². The largest absolute Gasteiger partial charge is 0.507 e. The molecular weight excluding hydrogens is 478 g/mol. The van der Waals surface area contributed by atoms with E-state index in [-0.39, 0.29) is 23.6 Å². The first-order valence-corrected chi connectivity index (χ1v) is 12.3. The summed E-state index contributed by atoms with van der Waals surface area (Å²) in [6, 6.07) is 11.5. The quantitative estimate of drug-likeness (QED) is 0.179. The number of amides is 1. The predicted molar refractivity (Wildman–Crippen MR) is 136 cm³/mol. The Morgan fingerprint density at radius 1 is 1.14 bits per heavy atom. The smallest absolute Gasteiger partial charge is 0.295 e. The minimum absolute atomic E-state index is 0.0941. The Labute approximate surface area is 215 Å². The van der Waals surface area contributed by atoms with Gasteiger partial charge in [-0.2, -0.15) is 0 Å². The molecule has 1 amide bonds. The van der Waals surface area contributed by atoms with Gasteiger partial charge in [-0.15, -0.1) is 0 Å². The number of likely N-dealkylation sites (tertiary alicyclic amines) is 1. The highest BCUT2D eigenvalue weighted by Crippen LogP contribution is 2.40. The van der Waals surface area contributed by atoms with Crippen molar-refractivity contribution in [3.05, 3.63) is 75.3 Å². The van der Waals surface area contributed by atoms with Crippen molar-refractivity contribution in [2.24, 2.45) is 5.92 Å². The molecule has 1 N–H and O–H groups in total. The minimum Gasteiger partial charge on any atom is -0.507 e. The van der Waals surface area contributed by atoms with Gasteiger partial charge in [0.05, 0.1) is 36.4 Å². The van der Waals surface area contributed by atoms with E-state index < -0.39 is 22.7 Å². The molecule has 0 bridgehead atoms. The van der Waals surface area contributed by atoms with Gasteiger partial charge in [0, 0.05) is 43.9 Å². The summed E-state index contributed by atoms with van der Waals surface area (Å²) in [7, 11) is 0. The third kappa shape index (κ3) is 5.98. The number of hydrogen-bond donors (Lipinski definition) is 1. The van der Waals surface area contributed by atoms with Gasteiger partial charge in [0.15, 0.2) is 0 Å². The zero-order valence-corrected chi connectivity index (χ0v) is 21.0. The van der Waals surface area contributed by atoms with Crippen molar-refractivity contribution >= 4 is 23.1 Å². The van der Waals surface area contributed by atoms with E-state index in [9.17, 15) is 24.8 Å². The molecule has 37 heavy (non-hydrogen) atoms. The number of nitrogens with zero attached hydrogens (tertiary/aromatic N) is 3. The van der Waals surface area contributed by atoms with Crippen LogP contribution in [-0.4, -0.2) is 77.5 Å². The number of nitro groups is 1. The Kier molecular flexibility index (Phi) is 8.20. The molecule has 2 aliphatic heterocycles. The molecule has 4 rings (SSSR count). The number of morpholine rings is 1. The molecule has 2 fully saturated rings. The molecule has 10 nitrogen and oxygen atoms in total. The second kappa shape index (κ2) is 11.5. The first kappa shape index (κ1) is 26.3. The van der Waals surface area contributed by atoms with Gasteiger partial charge in [-0.05, 0) is 35.7 Å². The SMILES string of the molecule is CC(C)COc1ccc(/C(O)=C2/C(=O)C(=O)N(CCN3CCOCC3)C2c2cccc([N+](=O)[O-])c2)cc1. The van der Waals surface area contributed by atoms with E-state index in [1.165, 1.54) is 23.1 Å². The number of benzene rings is 2. The molecule has 2 aliphatic rings. The Bertz CT molecular complexity index is 1190. The van der Waals surface area contributed by atoms with E-state index in [2.05, 4.69) is 4.90 Å². The number of rotatable bonds is 9. The highest BCUT2D eigenvalue weighted by atomic mass is 16.6. The number of aliphatic hydroxyl groups is 1. The third-order valence-electron chi connectivity index (χ3n) is 6.41. The van der Waals surface area contributed by atoms with E-state index in [1.54, 1.807) is 30.3 Å². The number of Topliss-reactive ketones (excluding diaryl/α,β-unsaturated/α-hetero) is 1. The van der Waals surface area contributed by atoms with Crippen molar-refractivity contribution in [3.8, 4) is 5.75 Å². The van der Waals surface area contributed by atoms with E-state index in [0.717, 1.165) is 0 Å². The van der Waals surface area contributed by atoms with Crippen LogP contribution < -0.4 is 4.74 Å². The lowest BCUT2D eigenvalue weighted by molar-refractivity contribution is -0.384. The van der Waals surface area contributed by atoms with Gasteiger partial charge in [-0.3, -0.25) is 24.6 Å². The Balaban J connectivity index is 1.71. The molecule has 0 aliphatic carbocycles. The predicted octanol–water partition coefficient (Wildman–Crippen LogP) is 3.38. The highest BCUT2D eigenvalue weighted by Gasteiger charge is 2.46. The maximum absolute atomic E-state index is 13.2. The van der Waals surface area contributed by atoms with Crippen LogP contribution in [0.3, 0.4) is 0 Å². The highest BCUT2D eigenvalue weighted by molar-refractivity contribution is 6.46. The molecule has 1 atom stereocenters. The summed E-state index contributed by atoms with van der Waals surface area (Å²) in [4.78, 5) is 40.8. The van der Waals surface area contributed by atoms with Crippen molar-refractivity contribution in [1.29, 1.82) is 0 Å². The number of carbonyl (C=O) groups excluding carboxylic acids is 2. The number of ketones is 1. The second-order valence-electron chi connectivity index (χ2n) is 9.53. The van der Waals surface area contributed by atoms with E-state index >= 15 is 0 Å². The van der Waals surface area contributed by atoms with Crippen LogP contribution in [0.2, 0.25) is 0 Å². The van der Waals surface area contributed by atoms with Crippen LogP contribution in [0.4, 0.5) is 5.69 Å². The van der Waals surface area contributed by atoms with Crippen molar-refractivity contribution in [2.45, 2.75) is 19.9 Å². The summed E-state index contributed by atoms with van der Waals surface area (Å²) >= 11 is 0. The molecule has 2 aromatic carbocycles. The third-order valence-corrected chi connectivity index (χ3v) is 6.41. The number of aliphatic hydroxyl groups excluding tert-OH is 1. The Morgan fingerprint density at radius 2 is 1.84 bits per heavy atom. The molecule has 196 valence electrons. The Hall–Kier alpha value is -3.76. The zero-order valence-electron chi connectivity index (χ0n) is 21.0. The summed E-state index contributed by atoms with van der Waals surface area (Å²) in [5, 5.41) is 22.7. The number of nitro benzene ring substituents is 1. The minimum atomic E-state index is -0.960. The lowest BCUT2D eigenvalue weighted by atomic mass is 9.95. The summed E-state index contributed by atoms with van der Waals surface area (Å²) in [6.45, 7) is 7.91. The van der Waals surface area contributed by atoms with Crippen LogP contribution in [0, 0.1) is 16.0 Å². The van der Waals surface area contributed by atoms with Gasteiger partial charge in [0.2, 0.25) is 0 Å². The molecular formula is C27H31N3O7. The van der Waals surface area contributed by atoms with Crippen LogP contribution >= 0.6 is 0 Å². The van der Waals surface area contributed by atoms with Gasteiger partial charge in [-0.25, -0.2) is 0 Å². The molecule has 2 heterocycles. The maximum Gasteiger partial charge on any atom is 0.295 e. The second-order valence-corrected chi connectivity index (χ2v) is 9.53. The summed E-state index contributed by atoms with van der Waals surface area (Å²) < 4.78 is 11.1.